The highest BCUT2D eigenvalue weighted by molar-refractivity contribution is 7.85. The summed E-state index contributed by atoms with van der Waals surface area (Å²) in [7, 11) is -4.24. The number of hydrogen-bond donors (Lipinski definition) is 3. The molecule has 0 heterocycles. The third-order valence-electron chi connectivity index (χ3n) is 2.22. The van der Waals surface area contributed by atoms with Crippen LogP contribution in [-0.2, 0) is 10.1 Å². The molecule has 3 N–H and O–H groups in total. The van der Waals surface area contributed by atoms with E-state index in [0.29, 0.717) is 5.69 Å². The highest BCUT2D eigenvalue weighted by Gasteiger charge is 2.12. The van der Waals surface area contributed by atoms with Crippen LogP contribution in [0.1, 0.15) is 0 Å². The van der Waals surface area contributed by atoms with Crippen LogP contribution in [0.4, 0.5) is 5.69 Å². The quantitative estimate of drug-likeness (QED) is 0.609. The molecular weight excluding hydrogens is 246 g/mol. The second kappa shape index (κ2) is 5.97. The van der Waals surface area contributed by atoms with Crippen LogP contribution in [0.15, 0.2) is 29.2 Å². The third-order valence-corrected chi connectivity index (χ3v) is 3.07. The van der Waals surface area contributed by atoms with Crippen LogP contribution in [0, 0.1) is 0 Å². The summed E-state index contributed by atoms with van der Waals surface area (Å²) in [6.45, 7) is 0.317. The highest BCUT2D eigenvalue weighted by atomic mass is 32.2. The number of aliphatic hydroxyl groups is 2. The summed E-state index contributed by atoms with van der Waals surface area (Å²) in [5.41, 5.74) is 0.517. The van der Waals surface area contributed by atoms with E-state index in [-0.39, 0.29) is 31.2 Å². The zero-order chi connectivity index (χ0) is 12.9. The molecule has 0 aromatic heterocycles. The Morgan fingerprint density at radius 2 is 1.71 bits per heavy atom. The first-order valence-corrected chi connectivity index (χ1v) is 6.47. The highest BCUT2D eigenvalue weighted by Crippen LogP contribution is 2.18. The van der Waals surface area contributed by atoms with Crippen molar-refractivity contribution in [3.8, 4) is 0 Å². The molecule has 0 saturated carbocycles. The van der Waals surface area contributed by atoms with E-state index >= 15 is 0 Å². The first kappa shape index (κ1) is 13.9. The van der Waals surface area contributed by atoms with Gasteiger partial charge in [0, 0.05) is 18.8 Å². The Morgan fingerprint density at radius 1 is 1.12 bits per heavy atom. The van der Waals surface area contributed by atoms with Crippen molar-refractivity contribution in [2.45, 2.75) is 4.90 Å². The Labute approximate surface area is 99.9 Å². The minimum Gasteiger partial charge on any atom is -0.395 e. The van der Waals surface area contributed by atoms with Crippen LogP contribution >= 0.6 is 0 Å². The molecule has 0 saturated heterocycles. The van der Waals surface area contributed by atoms with Gasteiger partial charge in [0.15, 0.2) is 0 Å². The van der Waals surface area contributed by atoms with Gasteiger partial charge in [0.2, 0.25) is 0 Å². The van der Waals surface area contributed by atoms with Crippen molar-refractivity contribution >= 4 is 15.8 Å². The third kappa shape index (κ3) is 3.97. The number of aliphatic hydroxyl groups excluding tert-OH is 2. The van der Waals surface area contributed by atoms with Gasteiger partial charge < -0.3 is 15.1 Å². The van der Waals surface area contributed by atoms with Crippen molar-refractivity contribution in [3.05, 3.63) is 24.3 Å². The van der Waals surface area contributed by atoms with Gasteiger partial charge in [-0.05, 0) is 18.2 Å². The van der Waals surface area contributed by atoms with Crippen molar-refractivity contribution in [3.63, 3.8) is 0 Å². The van der Waals surface area contributed by atoms with E-state index in [1.165, 1.54) is 18.2 Å². The van der Waals surface area contributed by atoms with Crippen molar-refractivity contribution < 1.29 is 23.2 Å². The van der Waals surface area contributed by atoms with Crippen LogP contribution in [-0.4, -0.2) is 49.5 Å². The lowest BCUT2D eigenvalue weighted by molar-refractivity contribution is 0.281. The molecular formula is C10H15NO5S. The molecule has 1 rings (SSSR count). The van der Waals surface area contributed by atoms with Gasteiger partial charge in [-0.15, -0.1) is 0 Å². The molecule has 0 aliphatic carbocycles. The van der Waals surface area contributed by atoms with Crippen LogP contribution in [0.3, 0.4) is 0 Å². The van der Waals surface area contributed by atoms with Crippen LogP contribution in [0.25, 0.3) is 0 Å². The Morgan fingerprint density at radius 3 is 2.18 bits per heavy atom. The summed E-state index contributed by atoms with van der Waals surface area (Å²) in [6.07, 6.45) is 0. The molecule has 0 spiro atoms. The fraction of sp³-hybridized carbons (Fsp3) is 0.400. The first-order valence-electron chi connectivity index (χ1n) is 5.03. The van der Waals surface area contributed by atoms with E-state index in [4.69, 9.17) is 14.8 Å². The topological polar surface area (TPSA) is 98.1 Å². The van der Waals surface area contributed by atoms with Crippen LogP contribution in [0.5, 0.6) is 0 Å². The van der Waals surface area contributed by atoms with Crippen molar-refractivity contribution in [2.24, 2.45) is 0 Å². The number of anilines is 1. The number of rotatable bonds is 6. The maximum atomic E-state index is 11.0. The van der Waals surface area contributed by atoms with Gasteiger partial charge in [-0.2, -0.15) is 8.42 Å². The van der Waals surface area contributed by atoms with Gasteiger partial charge in [-0.25, -0.2) is 0 Å². The van der Waals surface area contributed by atoms with Crippen LogP contribution < -0.4 is 4.90 Å². The lowest BCUT2D eigenvalue weighted by Gasteiger charge is -2.23. The van der Waals surface area contributed by atoms with Gasteiger partial charge in [0.25, 0.3) is 10.1 Å². The minimum atomic E-state index is -4.24. The molecule has 17 heavy (non-hydrogen) atoms. The Kier molecular flexibility index (Phi) is 4.88. The smallest absolute Gasteiger partial charge is 0.294 e. The standard InChI is InChI=1S/C10H15NO5S/c12-6-4-11(5-7-13)9-2-1-3-10(8-9)17(14,15)16/h1-3,8,12-13H,4-7H2,(H,14,15,16). The fourth-order valence-corrected chi connectivity index (χ4v) is 1.97. The van der Waals surface area contributed by atoms with Crippen molar-refractivity contribution in [1.29, 1.82) is 0 Å². The zero-order valence-corrected chi connectivity index (χ0v) is 9.97. The first-order chi connectivity index (χ1) is 7.99. The largest absolute Gasteiger partial charge is 0.395 e. The molecule has 6 nitrogen and oxygen atoms in total. The maximum absolute atomic E-state index is 11.0. The number of benzene rings is 1. The van der Waals surface area contributed by atoms with E-state index in [1.54, 1.807) is 11.0 Å². The summed E-state index contributed by atoms with van der Waals surface area (Å²) in [5.74, 6) is 0. The summed E-state index contributed by atoms with van der Waals surface area (Å²) in [4.78, 5) is 1.41. The normalized spacial score (nSPS) is 11.5. The molecule has 0 unspecified atom stereocenters. The maximum Gasteiger partial charge on any atom is 0.294 e. The van der Waals surface area contributed by atoms with Gasteiger partial charge in [0.1, 0.15) is 0 Å². The molecule has 7 heteroatoms. The number of nitrogens with zero attached hydrogens (tertiary/aromatic N) is 1. The molecule has 0 atom stereocenters. The lowest BCUT2D eigenvalue weighted by atomic mass is 10.3. The summed E-state index contributed by atoms with van der Waals surface area (Å²) in [6, 6.07) is 5.69. The Balaban J connectivity index is 3.04. The van der Waals surface area contributed by atoms with E-state index in [2.05, 4.69) is 0 Å². The Hall–Kier alpha value is -1.15. The second-order valence-electron chi connectivity index (χ2n) is 3.41. The zero-order valence-electron chi connectivity index (χ0n) is 9.15. The van der Waals surface area contributed by atoms with Gasteiger partial charge in [-0.1, -0.05) is 6.07 Å². The fourth-order valence-electron chi connectivity index (χ4n) is 1.45. The molecule has 0 amide bonds. The molecule has 0 aliphatic heterocycles. The molecule has 0 fully saturated rings. The average Bonchev–Trinajstić information content (AvgIpc) is 2.28. The van der Waals surface area contributed by atoms with E-state index < -0.39 is 10.1 Å². The predicted molar refractivity (Wildman–Crippen MR) is 62.6 cm³/mol. The molecule has 1 aromatic carbocycles. The molecule has 1 aromatic rings. The minimum absolute atomic E-state index is 0.115. The second-order valence-corrected chi connectivity index (χ2v) is 4.83. The van der Waals surface area contributed by atoms with Gasteiger partial charge in [-0.3, -0.25) is 4.55 Å². The molecule has 0 aliphatic rings. The van der Waals surface area contributed by atoms with E-state index in [9.17, 15) is 8.42 Å². The lowest BCUT2D eigenvalue weighted by Crippen LogP contribution is -2.29. The predicted octanol–water partition coefficient (Wildman–Crippen LogP) is -0.276. The Bertz CT molecular complexity index is 454. The monoisotopic (exact) mass is 261 g/mol. The summed E-state index contributed by atoms with van der Waals surface area (Å²) in [5, 5.41) is 17.7. The number of hydrogen-bond acceptors (Lipinski definition) is 5. The van der Waals surface area contributed by atoms with E-state index in [1.807, 2.05) is 0 Å². The van der Waals surface area contributed by atoms with Gasteiger partial charge in [0.05, 0.1) is 18.1 Å². The summed E-state index contributed by atoms with van der Waals surface area (Å²) >= 11 is 0. The molecule has 96 valence electrons. The van der Waals surface area contributed by atoms with Gasteiger partial charge >= 0.3 is 0 Å². The molecule has 0 bridgehead atoms. The molecule has 0 radical (unpaired) electrons. The van der Waals surface area contributed by atoms with Crippen molar-refractivity contribution in [2.75, 3.05) is 31.2 Å². The van der Waals surface area contributed by atoms with E-state index in [0.717, 1.165) is 0 Å². The van der Waals surface area contributed by atoms with Crippen LogP contribution in [0.2, 0.25) is 0 Å². The average molecular weight is 261 g/mol. The van der Waals surface area contributed by atoms with Crippen molar-refractivity contribution in [1.82, 2.24) is 0 Å². The summed E-state index contributed by atoms with van der Waals surface area (Å²) < 4.78 is 30.8. The SMILES string of the molecule is O=S(=O)(O)c1cccc(N(CCO)CCO)c1.